The molecule has 1 N–H and O–H groups in total. The SMILES string of the molecule is Clc1ccc(-c2noc(CN3CCCNCC3)n2)nc1. The number of nitrogens with zero attached hydrogens (tertiary/aromatic N) is 4. The van der Waals surface area contributed by atoms with Crippen LogP contribution in [0, 0.1) is 0 Å². The van der Waals surface area contributed by atoms with Crippen LogP contribution in [0.1, 0.15) is 12.3 Å². The largest absolute Gasteiger partial charge is 0.337 e. The molecule has 6 nitrogen and oxygen atoms in total. The van der Waals surface area contributed by atoms with Gasteiger partial charge in [-0.2, -0.15) is 4.98 Å². The molecule has 1 saturated heterocycles. The van der Waals surface area contributed by atoms with Crippen LogP contribution in [-0.2, 0) is 6.54 Å². The van der Waals surface area contributed by atoms with E-state index in [1.54, 1.807) is 18.3 Å². The molecule has 0 amide bonds. The van der Waals surface area contributed by atoms with Gasteiger partial charge in [-0.25, -0.2) is 0 Å². The Kier molecular flexibility index (Phi) is 4.25. The van der Waals surface area contributed by atoms with Gasteiger partial charge in [0.05, 0.1) is 11.6 Å². The lowest BCUT2D eigenvalue weighted by atomic mass is 10.3. The Morgan fingerprint density at radius 1 is 1.30 bits per heavy atom. The van der Waals surface area contributed by atoms with Crippen molar-refractivity contribution in [1.82, 2.24) is 25.3 Å². The van der Waals surface area contributed by atoms with Crippen molar-refractivity contribution < 1.29 is 4.52 Å². The number of hydrogen-bond donors (Lipinski definition) is 1. The molecule has 1 fully saturated rings. The van der Waals surface area contributed by atoms with E-state index in [1.165, 1.54) is 0 Å². The van der Waals surface area contributed by atoms with Crippen molar-refractivity contribution in [3.8, 4) is 11.5 Å². The second kappa shape index (κ2) is 6.30. The number of hydrogen-bond acceptors (Lipinski definition) is 6. The number of rotatable bonds is 3. The fraction of sp³-hybridized carbons (Fsp3) is 0.462. The lowest BCUT2D eigenvalue weighted by Gasteiger charge is -2.16. The fourth-order valence-electron chi connectivity index (χ4n) is 2.18. The highest BCUT2D eigenvalue weighted by Gasteiger charge is 2.14. The minimum atomic E-state index is 0.504. The summed E-state index contributed by atoms with van der Waals surface area (Å²) in [5, 5.41) is 7.93. The van der Waals surface area contributed by atoms with Crippen molar-refractivity contribution in [1.29, 1.82) is 0 Å². The fourth-order valence-corrected chi connectivity index (χ4v) is 2.29. The summed E-state index contributed by atoms with van der Waals surface area (Å²) in [6.07, 6.45) is 2.72. The second-order valence-corrected chi connectivity index (χ2v) is 5.19. The van der Waals surface area contributed by atoms with Gasteiger partial charge in [0.1, 0.15) is 5.69 Å². The Balaban J connectivity index is 1.68. The minimum Gasteiger partial charge on any atom is -0.337 e. The van der Waals surface area contributed by atoms with Crippen molar-refractivity contribution in [2.45, 2.75) is 13.0 Å². The summed E-state index contributed by atoms with van der Waals surface area (Å²) in [7, 11) is 0. The van der Waals surface area contributed by atoms with E-state index in [-0.39, 0.29) is 0 Å². The molecule has 20 heavy (non-hydrogen) atoms. The van der Waals surface area contributed by atoms with Gasteiger partial charge in [0.25, 0.3) is 0 Å². The Morgan fingerprint density at radius 2 is 2.25 bits per heavy atom. The van der Waals surface area contributed by atoms with Crippen LogP contribution < -0.4 is 5.32 Å². The number of aromatic nitrogens is 3. The van der Waals surface area contributed by atoms with Crippen LogP contribution in [0.15, 0.2) is 22.9 Å². The van der Waals surface area contributed by atoms with Crippen molar-refractivity contribution in [3.05, 3.63) is 29.2 Å². The molecule has 0 saturated carbocycles. The summed E-state index contributed by atoms with van der Waals surface area (Å²) in [6, 6.07) is 3.55. The number of pyridine rings is 1. The van der Waals surface area contributed by atoms with Crippen LogP contribution in [-0.4, -0.2) is 46.2 Å². The highest BCUT2D eigenvalue weighted by atomic mass is 35.5. The molecule has 3 heterocycles. The summed E-state index contributed by atoms with van der Waals surface area (Å²) < 4.78 is 5.30. The van der Waals surface area contributed by atoms with Crippen LogP contribution in [0.2, 0.25) is 5.02 Å². The first-order chi connectivity index (χ1) is 9.81. The zero-order chi connectivity index (χ0) is 13.8. The Hall–Kier alpha value is -1.50. The maximum atomic E-state index is 5.81. The van der Waals surface area contributed by atoms with Crippen molar-refractivity contribution >= 4 is 11.6 Å². The number of halogens is 1. The van der Waals surface area contributed by atoms with Gasteiger partial charge < -0.3 is 9.84 Å². The van der Waals surface area contributed by atoms with Crippen LogP contribution in [0.4, 0.5) is 0 Å². The molecule has 0 aromatic carbocycles. The third-order valence-corrected chi connectivity index (χ3v) is 3.44. The Labute approximate surface area is 122 Å². The van der Waals surface area contributed by atoms with Crippen LogP contribution >= 0.6 is 11.6 Å². The first kappa shape index (κ1) is 13.5. The minimum absolute atomic E-state index is 0.504. The van der Waals surface area contributed by atoms with E-state index in [9.17, 15) is 0 Å². The quantitative estimate of drug-likeness (QED) is 0.927. The van der Waals surface area contributed by atoms with Gasteiger partial charge in [-0.05, 0) is 31.6 Å². The van der Waals surface area contributed by atoms with E-state index < -0.39 is 0 Å². The molecule has 7 heteroatoms. The van der Waals surface area contributed by atoms with Crippen molar-refractivity contribution in [2.24, 2.45) is 0 Å². The molecule has 2 aromatic rings. The van der Waals surface area contributed by atoms with Crippen molar-refractivity contribution in [3.63, 3.8) is 0 Å². The third-order valence-electron chi connectivity index (χ3n) is 3.22. The second-order valence-electron chi connectivity index (χ2n) is 4.75. The summed E-state index contributed by atoms with van der Waals surface area (Å²) >= 11 is 5.81. The molecule has 0 radical (unpaired) electrons. The summed E-state index contributed by atoms with van der Waals surface area (Å²) in [5.74, 6) is 1.13. The summed E-state index contributed by atoms with van der Waals surface area (Å²) in [6.45, 7) is 4.79. The van der Waals surface area contributed by atoms with E-state index in [4.69, 9.17) is 16.1 Å². The predicted octanol–water partition coefficient (Wildman–Crippen LogP) is 1.58. The zero-order valence-electron chi connectivity index (χ0n) is 11.0. The lowest BCUT2D eigenvalue weighted by molar-refractivity contribution is 0.239. The Bertz CT molecular complexity index is 548. The molecule has 0 aliphatic carbocycles. The van der Waals surface area contributed by atoms with Gasteiger partial charge in [-0.1, -0.05) is 16.8 Å². The molecule has 106 valence electrons. The number of nitrogens with one attached hydrogen (secondary N) is 1. The summed E-state index contributed by atoms with van der Waals surface area (Å²) in [5.41, 5.74) is 0.668. The van der Waals surface area contributed by atoms with E-state index in [1.807, 2.05) is 0 Å². The average Bonchev–Trinajstić information content (AvgIpc) is 2.76. The molecule has 3 rings (SSSR count). The smallest absolute Gasteiger partial charge is 0.241 e. The molecular formula is C13H16ClN5O. The van der Waals surface area contributed by atoms with Crippen LogP contribution in [0.3, 0.4) is 0 Å². The molecule has 0 atom stereocenters. The molecule has 1 aliphatic heterocycles. The molecule has 0 bridgehead atoms. The molecule has 1 aliphatic rings. The zero-order valence-corrected chi connectivity index (χ0v) is 11.8. The van der Waals surface area contributed by atoms with Gasteiger partial charge in [0.15, 0.2) is 0 Å². The molecule has 2 aromatic heterocycles. The normalized spacial score (nSPS) is 17.1. The van der Waals surface area contributed by atoms with E-state index in [0.29, 0.717) is 29.0 Å². The predicted molar refractivity (Wildman–Crippen MR) is 75.3 cm³/mol. The maximum absolute atomic E-state index is 5.81. The average molecular weight is 294 g/mol. The third kappa shape index (κ3) is 3.33. The monoisotopic (exact) mass is 293 g/mol. The highest BCUT2D eigenvalue weighted by Crippen LogP contribution is 2.16. The first-order valence-corrected chi connectivity index (χ1v) is 7.06. The van der Waals surface area contributed by atoms with Gasteiger partial charge in [-0.15, -0.1) is 0 Å². The molecule has 0 spiro atoms. The van der Waals surface area contributed by atoms with E-state index >= 15 is 0 Å². The maximum Gasteiger partial charge on any atom is 0.241 e. The van der Waals surface area contributed by atoms with Crippen LogP contribution in [0.5, 0.6) is 0 Å². The van der Waals surface area contributed by atoms with Crippen LogP contribution in [0.25, 0.3) is 11.5 Å². The van der Waals surface area contributed by atoms with Crippen molar-refractivity contribution in [2.75, 3.05) is 26.2 Å². The standard InChI is InChI=1S/C13H16ClN5O/c14-10-2-3-11(16-8-10)13-17-12(20-18-13)9-19-6-1-4-15-5-7-19/h2-3,8,15H,1,4-7,9H2. The van der Waals surface area contributed by atoms with Gasteiger partial charge in [0.2, 0.25) is 11.7 Å². The first-order valence-electron chi connectivity index (χ1n) is 6.69. The summed E-state index contributed by atoms with van der Waals surface area (Å²) in [4.78, 5) is 10.9. The van der Waals surface area contributed by atoms with Gasteiger partial charge >= 0.3 is 0 Å². The van der Waals surface area contributed by atoms with E-state index in [2.05, 4.69) is 25.3 Å². The Morgan fingerprint density at radius 3 is 3.10 bits per heavy atom. The van der Waals surface area contributed by atoms with Gasteiger partial charge in [0, 0.05) is 19.3 Å². The molecular weight excluding hydrogens is 278 g/mol. The topological polar surface area (TPSA) is 67.1 Å². The highest BCUT2D eigenvalue weighted by molar-refractivity contribution is 6.30. The molecule has 0 unspecified atom stereocenters. The lowest BCUT2D eigenvalue weighted by Crippen LogP contribution is -2.27. The van der Waals surface area contributed by atoms with E-state index in [0.717, 1.165) is 32.6 Å². The van der Waals surface area contributed by atoms with Gasteiger partial charge in [-0.3, -0.25) is 9.88 Å².